The number of nitrogens with zero attached hydrogens (tertiary/aromatic N) is 1. The van der Waals surface area contributed by atoms with Crippen molar-refractivity contribution in [3.63, 3.8) is 0 Å². The summed E-state index contributed by atoms with van der Waals surface area (Å²) in [5.41, 5.74) is -0.583. The van der Waals surface area contributed by atoms with Crippen LogP contribution in [0.2, 0.25) is 0 Å². The van der Waals surface area contributed by atoms with Gasteiger partial charge in [-0.05, 0) is 18.1 Å². The number of nitro benzene ring substituents is 1. The number of nitro groups is 1. The summed E-state index contributed by atoms with van der Waals surface area (Å²) in [6.45, 7) is 3.24. The molecule has 0 spiro atoms. The first kappa shape index (κ1) is 17.3. The number of methoxy groups -OCH3 is 1. The van der Waals surface area contributed by atoms with Crippen LogP contribution in [0.3, 0.4) is 0 Å². The summed E-state index contributed by atoms with van der Waals surface area (Å²) in [6, 6.07) is 3.45. The van der Waals surface area contributed by atoms with E-state index in [1.807, 2.05) is 0 Å². The fraction of sp³-hybridized carbons (Fsp3) is 0.500. The van der Waals surface area contributed by atoms with Crippen LogP contribution in [0.4, 0.5) is 5.69 Å². The third kappa shape index (κ3) is 4.38. The minimum absolute atomic E-state index is 0.140. The Morgan fingerprint density at radius 2 is 2.05 bits per heavy atom. The molecule has 0 saturated carbocycles. The topological polar surface area (TPSA) is 119 Å². The number of sulfonamides is 1. The molecular weight excluding hydrogens is 300 g/mol. The monoisotopic (exact) mass is 318 g/mol. The van der Waals surface area contributed by atoms with E-state index in [0.717, 1.165) is 12.1 Å². The van der Waals surface area contributed by atoms with Crippen molar-refractivity contribution >= 4 is 15.7 Å². The SMILES string of the molecule is COc1ccc(S(=O)(=O)NCC(O)C(C)C)c([N+](=O)[O-])c1. The van der Waals surface area contributed by atoms with Gasteiger partial charge in [-0.25, -0.2) is 13.1 Å². The Morgan fingerprint density at radius 3 is 2.52 bits per heavy atom. The number of aliphatic hydroxyl groups is 1. The van der Waals surface area contributed by atoms with Crippen LogP contribution in [-0.2, 0) is 10.0 Å². The van der Waals surface area contributed by atoms with Gasteiger partial charge in [0.2, 0.25) is 10.0 Å². The van der Waals surface area contributed by atoms with E-state index in [-0.39, 0.29) is 18.2 Å². The van der Waals surface area contributed by atoms with E-state index in [2.05, 4.69) is 4.72 Å². The van der Waals surface area contributed by atoms with Crippen molar-refractivity contribution in [1.29, 1.82) is 0 Å². The van der Waals surface area contributed by atoms with E-state index in [0.29, 0.717) is 0 Å². The van der Waals surface area contributed by atoms with Crippen LogP contribution in [0.5, 0.6) is 5.75 Å². The van der Waals surface area contributed by atoms with Crippen LogP contribution in [0.25, 0.3) is 0 Å². The third-order valence-corrected chi connectivity index (χ3v) is 4.38. The number of rotatable bonds is 7. The highest BCUT2D eigenvalue weighted by Gasteiger charge is 2.27. The lowest BCUT2D eigenvalue weighted by atomic mass is 10.1. The predicted molar refractivity (Wildman–Crippen MR) is 75.7 cm³/mol. The molecule has 9 heteroatoms. The van der Waals surface area contributed by atoms with E-state index < -0.39 is 31.6 Å². The number of hydrogen-bond acceptors (Lipinski definition) is 6. The van der Waals surface area contributed by atoms with Crippen molar-refractivity contribution in [2.45, 2.75) is 24.8 Å². The van der Waals surface area contributed by atoms with Gasteiger partial charge < -0.3 is 9.84 Å². The highest BCUT2D eigenvalue weighted by molar-refractivity contribution is 7.89. The molecular formula is C12H18N2O6S. The van der Waals surface area contributed by atoms with Gasteiger partial charge in [0.1, 0.15) is 5.75 Å². The number of nitrogens with one attached hydrogen (secondary N) is 1. The molecule has 0 fully saturated rings. The van der Waals surface area contributed by atoms with Crippen LogP contribution in [-0.4, -0.2) is 38.2 Å². The van der Waals surface area contributed by atoms with Crippen molar-refractivity contribution in [3.05, 3.63) is 28.3 Å². The molecule has 0 aromatic heterocycles. The summed E-state index contributed by atoms with van der Waals surface area (Å²) in [7, 11) is -2.77. The zero-order chi connectivity index (χ0) is 16.2. The summed E-state index contributed by atoms with van der Waals surface area (Å²) in [4.78, 5) is 9.73. The maximum Gasteiger partial charge on any atom is 0.293 e. The molecule has 0 amide bonds. The molecule has 1 aromatic carbocycles. The molecule has 1 unspecified atom stereocenters. The fourth-order valence-corrected chi connectivity index (χ4v) is 2.70. The molecule has 118 valence electrons. The van der Waals surface area contributed by atoms with Crippen molar-refractivity contribution in [2.24, 2.45) is 5.92 Å². The Labute approximate surface area is 122 Å². The van der Waals surface area contributed by atoms with Gasteiger partial charge in [0.05, 0.1) is 24.2 Å². The summed E-state index contributed by atoms with van der Waals surface area (Å²) in [6.07, 6.45) is -0.878. The Bertz CT molecular complexity index is 614. The highest BCUT2D eigenvalue weighted by Crippen LogP contribution is 2.28. The fourth-order valence-electron chi connectivity index (χ4n) is 1.50. The zero-order valence-electron chi connectivity index (χ0n) is 11.9. The lowest BCUT2D eigenvalue weighted by molar-refractivity contribution is -0.387. The second kappa shape index (κ2) is 6.83. The van der Waals surface area contributed by atoms with Gasteiger partial charge in [-0.3, -0.25) is 10.1 Å². The molecule has 8 nitrogen and oxygen atoms in total. The molecule has 0 heterocycles. The van der Waals surface area contributed by atoms with E-state index in [9.17, 15) is 23.6 Å². The van der Waals surface area contributed by atoms with Gasteiger partial charge >= 0.3 is 0 Å². The van der Waals surface area contributed by atoms with Crippen molar-refractivity contribution < 1.29 is 23.2 Å². The standard InChI is InChI=1S/C12H18N2O6S/c1-8(2)11(15)7-13-21(18,19)12-5-4-9(20-3)6-10(12)14(16)17/h4-6,8,11,13,15H,7H2,1-3H3. The molecule has 0 aliphatic rings. The molecule has 0 aliphatic carbocycles. The quantitative estimate of drug-likeness (QED) is 0.569. The van der Waals surface area contributed by atoms with E-state index in [1.54, 1.807) is 13.8 Å². The van der Waals surface area contributed by atoms with Gasteiger partial charge in [-0.15, -0.1) is 0 Å². The number of benzene rings is 1. The largest absolute Gasteiger partial charge is 0.497 e. The van der Waals surface area contributed by atoms with E-state index >= 15 is 0 Å². The Kier molecular flexibility index (Phi) is 5.64. The Morgan fingerprint density at radius 1 is 1.43 bits per heavy atom. The second-order valence-electron chi connectivity index (χ2n) is 4.75. The molecule has 0 aliphatic heterocycles. The lowest BCUT2D eigenvalue weighted by Gasteiger charge is -2.15. The number of hydrogen-bond donors (Lipinski definition) is 2. The van der Waals surface area contributed by atoms with Crippen LogP contribution >= 0.6 is 0 Å². The van der Waals surface area contributed by atoms with Crippen LogP contribution in [0.15, 0.2) is 23.1 Å². The first-order valence-corrected chi connectivity index (χ1v) is 7.67. The highest BCUT2D eigenvalue weighted by atomic mass is 32.2. The minimum atomic E-state index is -4.10. The molecule has 0 saturated heterocycles. The van der Waals surface area contributed by atoms with Gasteiger partial charge in [-0.2, -0.15) is 0 Å². The maximum atomic E-state index is 12.1. The summed E-state index contributed by atoms with van der Waals surface area (Å²) in [5, 5.41) is 20.6. The molecule has 1 aromatic rings. The van der Waals surface area contributed by atoms with Crippen LogP contribution < -0.4 is 9.46 Å². The van der Waals surface area contributed by atoms with E-state index in [4.69, 9.17) is 4.74 Å². The normalized spacial score (nSPS) is 13.2. The summed E-state index contributed by atoms with van der Waals surface area (Å²) >= 11 is 0. The third-order valence-electron chi connectivity index (χ3n) is 2.90. The first-order valence-electron chi connectivity index (χ1n) is 6.19. The molecule has 1 atom stereocenters. The average molecular weight is 318 g/mol. The van der Waals surface area contributed by atoms with Gasteiger partial charge in [-0.1, -0.05) is 13.8 Å². The molecule has 21 heavy (non-hydrogen) atoms. The van der Waals surface area contributed by atoms with Gasteiger partial charge in [0.25, 0.3) is 5.69 Å². The number of ether oxygens (including phenoxy) is 1. The predicted octanol–water partition coefficient (Wildman–Crippen LogP) is 0.899. The van der Waals surface area contributed by atoms with Crippen molar-refractivity contribution in [3.8, 4) is 5.75 Å². The zero-order valence-corrected chi connectivity index (χ0v) is 12.8. The van der Waals surface area contributed by atoms with Crippen LogP contribution in [0, 0.1) is 16.0 Å². The van der Waals surface area contributed by atoms with E-state index in [1.165, 1.54) is 13.2 Å². The number of aliphatic hydroxyl groups excluding tert-OH is 1. The second-order valence-corrected chi connectivity index (χ2v) is 6.49. The van der Waals surface area contributed by atoms with Crippen molar-refractivity contribution in [2.75, 3.05) is 13.7 Å². The molecule has 2 N–H and O–H groups in total. The smallest absolute Gasteiger partial charge is 0.293 e. The Hall–Kier alpha value is -1.71. The molecule has 0 bridgehead atoms. The summed E-state index contributed by atoms with van der Waals surface area (Å²) < 4.78 is 31.2. The van der Waals surface area contributed by atoms with Gasteiger partial charge in [0, 0.05) is 6.54 Å². The molecule has 1 rings (SSSR count). The van der Waals surface area contributed by atoms with Gasteiger partial charge in [0.15, 0.2) is 4.90 Å². The summed E-state index contributed by atoms with van der Waals surface area (Å²) in [5.74, 6) is 0.0430. The lowest BCUT2D eigenvalue weighted by Crippen LogP contribution is -2.35. The Balaban J connectivity index is 3.10. The molecule has 0 radical (unpaired) electrons. The first-order chi connectivity index (χ1) is 9.69. The average Bonchev–Trinajstić information content (AvgIpc) is 2.43. The minimum Gasteiger partial charge on any atom is -0.497 e. The maximum absolute atomic E-state index is 12.1. The van der Waals surface area contributed by atoms with Crippen molar-refractivity contribution in [1.82, 2.24) is 4.72 Å². The van der Waals surface area contributed by atoms with Crippen LogP contribution in [0.1, 0.15) is 13.8 Å².